The zero-order chi connectivity index (χ0) is 26.3. The number of nitrogens with zero attached hydrogens (tertiary/aromatic N) is 1. The Balaban J connectivity index is 1.30. The number of aromatic nitrogens is 1. The minimum absolute atomic E-state index is 0.0156. The summed E-state index contributed by atoms with van der Waals surface area (Å²) >= 11 is 2.87. The van der Waals surface area contributed by atoms with Gasteiger partial charge in [0.05, 0.1) is 36.3 Å². The predicted octanol–water partition coefficient (Wildman–Crippen LogP) is 4.23. The lowest BCUT2D eigenvalue weighted by Crippen LogP contribution is -2.42. The average molecular weight is 551 g/mol. The Labute approximate surface area is 227 Å². The van der Waals surface area contributed by atoms with Crippen molar-refractivity contribution >= 4 is 40.6 Å². The number of carbonyl (C=O) groups excluding carboxylic acids is 2. The molecule has 3 fully saturated rings. The third-order valence-electron chi connectivity index (χ3n) is 8.70. The number of rotatable bonds is 5. The van der Waals surface area contributed by atoms with Gasteiger partial charge in [0, 0.05) is 16.0 Å². The summed E-state index contributed by atoms with van der Waals surface area (Å²) in [5.74, 6) is 0.167. The Morgan fingerprint density at radius 1 is 1.05 bits per heavy atom. The highest BCUT2D eigenvalue weighted by molar-refractivity contribution is 8.00. The molecule has 4 aliphatic rings. The van der Waals surface area contributed by atoms with E-state index < -0.39 is 0 Å². The number of hydrogen-bond acceptors (Lipinski definition) is 8. The van der Waals surface area contributed by atoms with Crippen LogP contribution in [0.3, 0.4) is 0 Å². The molecule has 3 heterocycles. The second-order valence-electron chi connectivity index (χ2n) is 10.3. The van der Waals surface area contributed by atoms with Crippen molar-refractivity contribution in [2.45, 2.75) is 29.5 Å². The minimum Gasteiger partial charge on any atom is -0.504 e. The fourth-order valence-corrected chi connectivity index (χ4v) is 10.3. The molecule has 0 spiro atoms. The molecule has 2 N–H and O–H groups in total. The molecule has 2 aliphatic carbocycles. The van der Waals surface area contributed by atoms with E-state index in [1.165, 1.54) is 16.2 Å². The van der Waals surface area contributed by atoms with Gasteiger partial charge < -0.3 is 19.6 Å². The SMILES string of the molecule is CCOc1cc([C@@H]2c3sc(=O)[nH]c3S[C@@H]3[C@@H]4C[C@@H]([C@@H]5C(=O)N(c6ccc(OC)cc6)C(=O)[C@@H]45)[C@@H]23)ccc1O. The maximum Gasteiger partial charge on any atom is 0.305 e. The van der Waals surface area contributed by atoms with E-state index in [0.29, 0.717) is 23.8 Å². The zero-order valence-electron chi connectivity index (χ0n) is 20.7. The molecule has 2 aliphatic heterocycles. The highest BCUT2D eigenvalue weighted by Crippen LogP contribution is 2.68. The molecule has 2 bridgehead atoms. The summed E-state index contributed by atoms with van der Waals surface area (Å²) in [5, 5.41) is 11.3. The van der Waals surface area contributed by atoms with Crippen LogP contribution < -0.4 is 19.2 Å². The maximum atomic E-state index is 13.9. The molecule has 8 nitrogen and oxygen atoms in total. The number of amides is 2. The first-order valence-corrected chi connectivity index (χ1v) is 14.5. The lowest BCUT2D eigenvalue weighted by Gasteiger charge is -2.43. The largest absolute Gasteiger partial charge is 0.504 e. The van der Waals surface area contributed by atoms with E-state index in [0.717, 1.165) is 21.9 Å². The first kappa shape index (κ1) is 23.8. The van der Waals surface area contributed by atoms with Crippen molar-refractivity contribution in [2.75, 3.05) is 18.6 Å². The van der Waals surface area contributed by atoms with Crippen LogP contribution in [0.5, 0.6) is 17.2 Å². The van der Waals surface area contributed by atoms with Crippen molar-refractivity contribution in [3.8, 4) is 17.2 Å². The molecule has 3 aromatic rings. The molecule has 38 heavy (non-hydrogen) atoms. The Bertz CT molecular complexity index is 1510. The van der Waals surface area contributed by atoms with Crippen molar-refractivity contribution in [1.29, 1.82) is 0 Å². The number of benzene rings is 2. The molecule has 196 valence electrons. The van der Waals surface area contributed by atoms with Gasteiger partial charge in [0.15, 0.2) is 11.5 Å². The molecular weight excluding hydrogens is 524 g/mol. The van der Waals surface area contributed by atoms with Gasteiger partial charge in [0.1, 0.15) is 5.75 Å². The number of carbonyl (C=O) groups is 2. The van der Waals surface area contributed by atoms with Gasteiger partial charge in [-0.05, 0) is 73.1 Å². The van der Waals surface area contributed by atoms with Gasteiger partial charge in [-0.3, -0.25) is 19.3 Å². The molecule has 7 rings (SSSR count). The number of H-pyrrole nitrogens is 1. The van der Waals surface area contributed by atoms with Crippen LogP contribution in [0, 0.1) is 29.6 Å². The van der Waals surface area contributed by atoms with Crippen molar-refractivity contribution in [3.63, 3.8) is 0 Å². The number of thioether (sulfide) groups is 1. The molecule has 10 heteroatoms. The number of ether oxygens (including phenoxy) is 2. The first-order valence-electron chi connectivity index (χ1n) is 12.8. The molecule has 2 amide bonds. The smallest absolute Gasteiger partial charge is 0.305 e. The third kappa shape index (κ3) is 3.25. The fourth-order valence-electron chi connectivity index (χ4n) is 7.37. The Hall–Kier alpha value is -3.24. The minimum atomic E-state index is -0.375. The zero-order valence-corrected chi connectivity index (χ0v) is 22.4. The summed E-state index contributed by atoms with van der Waals surface area (Å²) in [7, 11) is 1.58. The van der Waals surface area contributed by atoms with Gasteiger partial charge >= 0.3 is 4.87 Å². The van der Waals surface area contributed by atoms with E-state index in [1.54, 1.807) is 49.2 Å². The van der Waals surface area contributed by atoms with Crippen molar-refractivity contribution in [2.24, 2.45) is 29.6 Å². The van der Waals surface area contributed by atoms with E-state index in [1.807, 2.05) is 19.1 Å². The summed E-state index contributed by atoms with van der Waals surface area (Å²) < 4.78 is 10.9. The van der Waals surface area contributed by atoms with E-state index in [2.05, 4.69) is 4.98 Å². The summed E-state index contributed by atoms with van der Waals surface area (Å²) in [5.41, 5.74) is 1.52. The van der Waals surface area contributed by atoms with Gasteiger partial charge in [-0.25, -0.2) is 0 Å². The standard InChI is InChI=1S/C28H26N2O6S2/c1-3-36-18-10-12(4-9-17(18)31)19-20-15-11-16(23(20)37-25-24(19)38-28(34)29-25)22-21(15)26(32)30(27(22)33)13-5-7-14(35-2)8-6-13/h4-10,15-16,19-23,31H,3,11H2,1-2H3,(H,29,34)/t15-,16-,19+,20+,21+,22+,23-/m1/s1. The lowest BCUT2D eigenvalue weighted by molar-refractivity contribution is -0.123. The lowest BCUT2D eigenvalue weighted by atomic mass is 9.68. The molecule has 0 unspecified atom stereocenters. The van der Waals surface area contributed by atoms with Gasteiger partial charge in [0.2, 0.25) is 11.8 Å². The fraction of sp³-hybridized carbons (Fsp3) is 0.393. The average Bonchev–Trinajstić information content (AvgIpc) is 3.64. The van der Waals surface area contributed by atoms with Gasteiger partial charge in [-0.2, -0.15) is 0 Å². The van der Waals surface area contributed by atoms with Crippen molar-refractivity contribution in [1.82, 2.24) is 4.98 Å². The van der Waals surface area contributed by atoms with Crippen molar-refractivity contribution < 1.29 is 24.2 Å². The number of phenols is 1. The number of methoxy groups -OCH3 is 1. The molecule has 2 saturated carbocycles. The summed E-state index contributed by atoms with van der Waals surface area (Å²) in [6.07, 6.45) is 0.817. The number of imide groups is 1. The molecule has 1 aromatic heterocycles. The summed E-state index contributed by atoms with van der Waals surface area (Å²) in [6.45, 7) is 2.28. The van der Waals surface area contributed by atoms with Gasteiger partial charge in [0.25, 0.3) is 0 Å². The Morgan fingerprint density at radius 3 is 2.50 bits per heavy atom. The Morgan fingerprint density at radius 2 is 1.79 bits per heavy atom. The quantitative estimate of drug-likeness (QED) is 0.458. The van der Waals surface area contributed by atoms with Crippen LogP contribution in [0.2, 0.25) is 0 Å². The number of phenolic OH excluding ortho intramolecular Hbond substituents is 1. The highest BCUT2D eigenvalue weighted by Gasteiger charge is 2.69. The van der Waals surface area contributed by atoms with Gasteiger partial charge in [-0.1, -0.05) is 17.4 Å². The Kier molecular flexibility index (Phi) is 5.42. The second kappa shape index (κ2) is 8.64. The number of aromatic hydroxyl groups is 1. The van der Waals surface area contributed by atoms with Crippen LogP contribution in [0.15, 0.2) is 52.3 Å². The normalized spacial score (nSPS) is 30.8. The highest BCUT2D eigenvalue weighted by atomic mass is 32.2. The van der Waals surface area contributed by atoms with Crippen LogP contribution >= 0.6 is 23.1 Å². The van der Waals surface area contributed by atoms with Gasteiger partial charge in [-0.15, -0.1) is 11.8 Å². The first-order chi connectivity index (χ1) is 18.4. The van der Waals surface area contributed by atoms with Crippen LogP contribution in [-0.2, 0) is 9.59 Å². The summed E-state index contributed by atoms with van der Waals surface area (Å²) in [4.78, 5) is 45.3. The van der Waals surface area contributed by atoms with Crippen LogP contribution in [0.25, 0.3) is 0 Å². The van der Waals surface area contributed by atoms with Crippen LogP contribution in [0.1, 0.15) is 29.7 Å². The number of hydrogen-bond donors (Lipinski definition) is 2. The van der Waals surface area contributed by atoms with E-state index in [4.69, 9.17) is 9.47 Å². The summed E-state index contributed by atoms with van der Waals surface area (Å²) in [6, 6.07) is 12.4. The third-order valence-corrected chi connectivity index (χ3v) is 11.3. The number of anilines is 1. The van der Waals surface area contributed by atoms with E-state index >= 15 is 0 Å². The van der Waals surface area contributed by atoms with E-state index in [-0.39, 0.29) is 63.2 Å². The van der Waals surface area contributed by atoms with Crippen LogP contribution in [-0.4, -0.2) is 40.9 Å². The number of fused-ring (bicyclic) bond motifs is 9. The second-order valence-corrected chi connectivity index (χ2v) is 12.5. The number of aromatic amines is 1. The van der Waals surface area contributed by atoms with Crippen LogP contribution in [0.4, 0.5) is 5.69 Å². The predicted molar refractivity (Wildman–Crippen MR) is 143 cm³/mol. The van der Waals surface area contributed by atoms with E-state index in [9.17, 15) is 19.5 Å². The number of nitrogens with one attached hydrogen (secondary N) is 1. The molecule has 0 radical (unpaired) electrons. The topological polar surface area (TPSA) is 109 Å². The molecule has 2 aromatic carbocycles. The maximum absolute atomic E-state index is 13.9. The number of thiazole rings is 1. The molecular formula is C28H26N2O6S2. The molecule has 7 atom stereocenters. The molecule has 1 saturated heterocycles. The monoisotopic (exact) mass is 550 g/mol. The van der Waals surface area contributed by atoms with Crippen molar-refractivity contribution in [3.05, 3.63) is 62.6 Å².